The van der Waals surface area contributed by atoms with Gasteiger partial charge in [-0.25, -0.2) is 4.39 Å². The lowest BCUT2D eigenvalue weighted by atomic mass is 10.0. The lowest BCUT2D eigenvalue weighted by molar-refractivity contribution is -0.337. The molecule has 1 aliphatic rings. The fourth-order valence-corrected chi connectivity index (χ4v) is 1.04. The Morgan fingerprint density at radius 3 is 1.43 bits per heavy atom. The first kappa shape index (κ1) is 11.5. The molecule has 1 aliphatic heterocycles. The van der Waals surface area contributed by atoms with Crippen LogP contribution in [0.4, 0.5) is 30.7 Å². The molecule has 0 aromatic heterocycles. The first-order chi connectivity index (χ1) is 6.02. The van der Waals surface area contributed by atoms with Crippen LogP contribution < -0.4 is 0 Å². The average Bonchev–Trinajstić information content (AvgIpc) is 2.09. The fraction of sp³-hybridized carbons (Fsp3) is 1.00. The van der Waals surface area contributed by atoms with E-state index >= 15 is 0 Å². The Bertz CT molecular complexity index is 251. The largest absolute Gasteiger partial charge is 0.428 e. The highest BCUT2D eigenvalue weighted by Gasteiger charge is 2.88. The highest BCUT2D eigenvalue weighted by molar-refractivity contribution is 5.07. The zero-order valence-electron chi connectivity index (χ0n) is 6.76. The summed E-state index contributed by atoms with van der Waals surface area (Å²) in [6, 6.07) is 0. The van der Waals surface area contributed by atoms with Crippen molar-refractivity contribution < 1.29 is 35.5 Å². The van der Waals surface area contributed by atoms with E-state index in [1.807, 2.05) is 0 Å². The second-order valence-electron chi connectivity index (χ2n) is 2.85. The number of ether oxygens (including phenoxy) is 1. The third-order valence-electron chi connectivity index (χ3n) is 1.97. The second kappa shape index (κ2) is 2.53. The molecule has 0 spiro atoms. The van der Waals surface area contributed by atoms with E-state index in [2.05, 4.69) is 4.74 Å². The number of halogens is 7. The van der Waals surface area contributed by atoms with E-state index in [-0.39, 0.29) is 0 Å². The predicted molar refractivity (Wildman–Crippen MR) is 30.1 cm³/mol. The summed E-state index contributed by atoms with van der Waals surface area (Å²) in [6.07, 6.45) is -6.80. The summed E-state index contributed by atoms with van der Waals surface area (Å²) >= 11 is 0. The van der Waals surface area contributed by atoms with Gasteiger partial charge < -0.3 is 0 Å². The molecule has 1 saturated heterocycles. The van der Waals surface area contributed by atoms with E-state index in [9.17, 15) is 30.7 Å². The number of alkyl halides is 7. The molecule has 0 saturated carbocycles. The molecular weight excluding hydrogens is 221 g/mol. The minimum absolute atomic E-state index is 0.700. The summed E-state index contributed by atoms with van der Waals surface area (Å²) in [5.74, 6) is -15.7. The molecule has 1 nitrogen and oxygen atoms in total. The van der Waals surface area contributed by atoms with Crippen molar-refractivity contribution >= 4 is 0 Å². The summed E-state index contributed by atoms with van der Waals surface area (Å²) in [6.45, 7) is 0.700. The maximum Gasteiger partial charge on any atom is 0.428 e. The molecule has 8 heteroatoms. The van der Waals surface area contributed by atoms with Crippen LogP contribution in [0.25, 0.3) is 0 Å². The topological polar surface area (TPSA) is 9.23 Å². The molecule has 0 N–H and O–H groups in total. The van der Waals surface area contributed by atoms with Crippen molar-refractivity contribution in [3.63, 3.8) is 0 Å². The van der Waals surface area contributed by atoms with E-state index < -0.39 is 30.2 Å². The molecule has 14 heavy (non-hydrogen) atoms. The average molecular weight is 226 g/mol. The summed E-state index contributed by atoms with van der Waals surface area (Å²) in [7, 11) is 0. The van der Waals surface area contributed by atoms with E-state index in [1.54, 1.807) is 0 Å². The molecule has 1 rings (SSSR count). The second-order valence-corrected chi connectivity index (χ2v) is 2.85. The highest BCUT2D eigenvalue weighted by atomic mass is 19.4. The van der Waals surface area contributed by atoms with Crippen LogP contribution in [0.2, 0.25) is 0 Å². The highest BCUT2D eigenvalue weighted by Crippen LogP contribution is 2.61. The van der Waals surface area contributed by atoms with Crippen molar-refractivity contribution in [2.45, 2.75) is 37.2 Å². The molecule has 1 atom stereocenters. The Hall–Kier alpha value is -0.530. The molecule has 0 aromatic carbocycles. The third kappa shape index (κ3) is 0.999. The Kier molecular flexibility index (Phi) is 2.09. The lowest BCUT2D eigenvalue weighted by Crippen LogP contribution is -2.52. The Balaban J connectivity index is 3.25. The van der Waals surface area contributed by atoms with Crippen molar-refractivity contribution in [1.82, 2.24) is 0 Å². The van der Waals surface area contributed by atoms with Gasteiger partial charge in [0.2, 0.25) is 0 Å². The number of rotatable bonds is 1. The normalized spacial score (nSPS) is 38.6. The van der Waals surface area contributed by atoms with Gasteiger partial charge in [-0.2, -0.15) is 26.3 Å². The summed E-state index contributed by atoms with van der Waals surface area (Å²) in [5, 5.41) is 0. The van der Waals surface area contributed by atoms with Crippen LogP contribution in [0.5, 0.6) is 0 Å². The minimum atomic E-state index is -5.84. The van der Waals surface area contributed by atoms with Crippen molar-refractivity contribution in [2.24, 2.45) is 0 Å². The molecule has 0 amide bonds. The molecule has 0 aliphatic carbocycles. The van der Waals surface area contributed by atoms with Crippen LogP contribution in [0, 0.1) is 0 Å². The van der Waals surface area contributed by atoms with Crippen LogP contribution in [0.3, 0.4) is 0 Å². The number of hydrogen-bond acceptors (Lipinski definition) is 1. The Morgan fingerprint density at radius 2 is 1.29 bits per heavy atom. The van der Waals surface area contributed by atoms with Crippen LogP contribution in [-0.2, 0) is 4.74 Å². The molecule has 1 heterocycles. The van der Waals surface area contributed by atoms with Crippen LogP contribution in [0.1, 0.15) is 13.3 Å². The standard InChI is InChI=1S/C6H5F7O/c1-2-3(7)4(8,9)5(10,11)6(12,13)14-3/h2H2,1H3. The van der Waals surface area contributed by atoms with Crippen LogP contribution >= 0.6 is 0 Å². The third-order valence-corrected chi connectivity index (χ3v) is 1.97. The molecule has 0 bridgehead atoms. The first-order valence-electron chi connectivity index (χ1n) is 3.54. The van der Waals surface area contributed by atoms with Gasteiger partial charge in [0.05, 0.1) is 0 Å². The maximum absolute atomic E-state index is 12.9. The summed E-state index contributed by atoms with van der Waals surface area (Å²) < 4.78 is 89.8. The molecular formula is C6H5F7O. The molecule has 0 aromatic rings. The van der Waals surface area contributed by atoms with Gasteiger partial charge >= 0.3 is 18.0 Å². The van der Waals surface area contributed by atoms with Gasteiger partial charge in [0.1, 0.15) is 0 Å². The van der Waals surface area contributed by atoms with Gasteiger partial charge in [-0.1, -0.05) is 6.92 Å². The van der Waals surface area contributed by atoms with Crippen molar-refractivity contribution in [3.05, 3.63) is 0 Å². The van der Waals surface area contributed by atoms with Crippen LogP contribution in [0.15, 0.2) is 0 Å². The van der Waals surface area contributed by atoms with E-state index in [4.69, 9.17) is 0 Å². The van der Waals surface area contributed by atoms with Crippen molar-refractivity contribution in [1.29, 1.82) is 0 Å². The number of hydrogen-bond donors (Lipinski definition) is 0. The van der Waals surface area contributed by atoms with Gasteiger partial charge in [0, 0.05) is 6.42 Å². The molecule has 0 radical (unpaired) electrons. The van der Waals surface area contributed by atoms with Crippen molar-refractivity contribution in [3.8, 4) is 0 Å². The first-order valence-corrected chi connectivity index (χ1v) is 3.54. The summed E-state index contributed by atoms with van der Waals surface area (Å²) in [4.78, 5) is 0. The van der Waals surface area contributed by atoms with E-state index in [0.717, 1.165) is 0 Å². The maximum atomic E-state index is 12.9. The SMILES string of the molecule is CCC1(F)OC(F)(F)C(F)(F)C1(F)F. The zero-order valence-corrected chi connectivity index (χ0v) is 6.76. The van der Waals surface area contributed by atoms with E-state index in [0.29, 0.717) is 6.92 Å². The molecule has 1 fully saturated rings. The smallest absolute Gasteiger partial charge is 0.272 e. The molecule has 84 valence electrons. The lowest BCUT2D eigenvalue weighted by Gasteiger charge is -2.24. The van der Waals surface area contributed by atoms with Crippen molar-refractivity contribution in [2.75, 3.05) is 0 Å². The van der Waals surface area contributed by atoms with Gasteiger partial charge in [0.15, 0.2) is 0 Å². The Morgan fingerprint density at radius 1 is 0.857 bits per heavy atom. The monoisotopic (exact) mass is 226 g/mol. The summed E-state index contributed by atoms with van der Waals surface area (Å²) in [5.41, 5.74) is 0. The van der Waals surface area contributed by atoms with E-state index in [1.165, 1.54) is 0 Å². The molecule has 1 unspecified atom stereocenters. The van der Waals surface area contributed by atoms with Gasteiger partial charge in [-0.15, -0.1) is 0 Å². The Labute approximate surface area is 73.8 Å². The minimum Gasteiger partial charge on any atom is -0.272 e. The fourth-order valence-electron chi connectivity index (χ4n) is 1.04. The zero-order chi connectivity index (χ0) is 11.4. The predicted octanol–water partition coefficient (Wildman–Crippen LogP) is 2.96. The van der Waals surface area contributed by atoms with Crippen LogP contribution in [-0.4, -0.2) is 23.8 Å². The van der Waals surface area contributed by atoms with Gasteiger partial charge in [-0.05, 0) is 0 Å². The quantitative estimate of drug-likeness (QED) is 0.624. The van der Waals surface area contributed by atoms with Gasteiger partial charge in [-0.3, -0.25) is 4.74 Å². The van der Waals surface area contributed by atoms with Gasteiger partial charge in [0.25, 0.3) is 5.85 Å².